The molecule has 0 saturated carbocycles. The van der Waals surface area contributed by atoms with Crippen LogP contribution in [0.2, 0.25) is 0 Å². The molecule has 12 heavy (non-hydrogen) atoms. The molecular formula is C8H20N4. The maximum atomic E-state index is 5.32. The predicted octanol–water partition coefficient (Wildman–Crippen LogP) is -0.656. The lowest BCUT2D eigenvalue weighted by atomic mass is 10.4. The first-order valence-electron chi connectivity index (χ1n) is 4.51. The van der Waals surface area contributed by atoms with Gasteiger partial charge in [0.25, 0.3) is 0 Å². The molecule has 0 unspecified atom stereocenters. The molecule has 0 aliphatic heterocycles. The molecule has 0 aliphatic rings. The quantitative estimate of drug-likeness (QED) is 0.336. The first kappa shape index (κ1) is 11.6. The molecule has 4 heteroatoms. The minimum absolute atomic E-state index is 0.720. The fraction of sp³-hybridized carbons (Fsp3) is 0.875. The molecule has 0 bridgehead atoms. The minimum atomic E-state index is 0.720. The standard InChI is InChI=1S/C8H20N4/c9-3-1-5-11-7-8-12-6-2-4-10/h7,12H,1-6,8-10H2. The summed E-state index contributed by atoms with van der Waals surface area (Å²) in [6.07, 6.45) is 3.89. The van der Waals surface area contributed by atoms with E-state index in [1.807, 2.05) is 6.21 Å². The van der Waals surface area contributed by atoms with Crippen LogP contribution < -0.4 is 16.8 Å². The zero-order valence-electron chi connectivity index (χ0n) is 7.63. The van der Waals surface area contributed by atoms with Crippen molar-refractivity contribution in [3.05, 3.63) is 0 Å². The van der Waals surface area contributed by atoms with Crippen molar-refractivity contribution >= 4 is 6.21 Å². The van der Waals surface area contributed by atoms with Gasteiger partial charge in [-0.05, 0) is 32.5 Å². The van der Waals surface area contributed by atoms with E-state index in [9.17, 15) is 0 Å². The van der Waals surface area contributed by atoms with E-state index in [1.165, 1.54) is 0 Å². The average molecular weight is 172 g/mol. The Kier molecular flexibility index (Phi) is 10.2. The summed E-state index contributed by atoms with van der Waals surface area (Å²) in [4.78, 5) is 4.16. The second-order valence-corrected chi connectivity index (χ2v) is 2.58. The highest BCUT2D eigenvalue weighted by Gasteiger charge is 1.82. The van der Waals surface area contributed by atoms with Gasteiger partial charge in [0.2, 0.25) is 0 Å². The number of nitrogens with zero attached hydrogens (tertiary/aromatic N) is 1. The highest BCUT2D eigenvalue weighted by Crippen LogP contribution is 1.74. The number of nitrogens with two attached hydrogens (primary N) is 2. The second kappa shape index (κ2) is 10.6. The van der Waals surface area contributed by atoms with E-state index >= 15 is 0 Å². The van der Waals surface area contributed by atoms with Gasteiger partial charge in [0.05, 0.1) is 0 Å². The fourth-order valence-corrected chi connectivity index (χ4v) is 0.732. The molecular weight excluding hydrogens is 152 g/mol. The summed E-state index contributed by atoms with van der Waals surface area (Å²) in [5, 5.41) is 3.20. The van der Waals surface area contributed by atoms with Crippen LogP contribution in [0, 0.1) is 0 Å². The van der Waals surface area contributed by atoms with E-state index in [0.717, 1.165) is 45.6 Å². The number of hydrogen-bond acceptors (Lipinski definition) is 4. The number of nitrogens with one attached hydrogen (secondary N) is 1. The van der Waals surface area contributed by atoms with Gasteiger partial charge in [0.15, 0.2) is 0 Å². The largest absolute Gasteiger partial charge is 0.330 e. The van der Waals surface area contributed by atoms with Gasteiger partial charge in [0.1, 0.15) is 0 Å². The molecule has 4 nitrogen and oxygen atoms in total. The molecule has 0 heterocycles. The molecule has 0 saturated heterocycles. The molecule has 5 N–H and O–H groups in total. The number of aliphatic imine (C=N–C) groups is 1. The van der Waals surface area contributed by atoms with Gasteiger partial charge in [-0.25, -0.2) is 0 Å². The molecule has 0 aliphatic carbocycles. The molecule has 0 aromatic carbocycles. The zero-order valence-corrected chi connectivity index (χ0v) is 7.63. The Morgan fingerprint density at radius 3 is 2.58 bits per heavy atom. The van der Waals surface area contributed by atoms with Gasteiger partial charge in [0, 0.05) is 19.3 Å². The highest BCUT2D eigenvalue weighted by molar-refractivity contribution is 5.59. The molecule has 0 fully saturated rings. The molecule has 0 aromatic rings. The summed E-state index contributed by atoms with van der Waals surface area (Å²) >= 11 is 0. The van der Waals surface area contributed by atoms with Crippen LogP contribution in [0.4, 0.5) is 0 Å². The van der Waals surface area contributed by atoms with Crippen molar-refractivity contribution in [2.24, 2.45) is 16.5 Å². The Hall–Kier alpha value is -0.450. The summed E-state index contributed by atoms with van der Waals surface area (Å²) in [6, 6.07) is 0. The van der Waals surface area contributed by atoms with Crippen LogP contribution in [0.25, 0.3) is 0 Å². The third-order valence-corrected chi connectivity index (χ3v) is 1.41. The Labute approximate surface area is 74.4 Å². The lowest BCUT2D eigenvalue weighted by molar-refractivity contribution is 0.711. The summed E-state index contributed by atoms with van der Waals surface area (Å²) in [7, 11) is 0. The van der Waals surface area contributed by atoms with Gasteiger partial charge >= 0.3 is 0 Å². The van der Waals surface area contributed by atoms with Crippen molar-refractivity contribution in [3.63, 3.8) is 0 Å². The van der Waals surface area contributed by atoms with Crippen LogP contribution in [0.1, 0.15) is 12.8 Å². The minimum Gasteiger partial charge on any atom is -0.330 e. The summed E-state index contributed by atoms with van der Waals surface area (Å²) < 4.78 is 0. The van der Waals surface area contributed by atoms with Crippen molar-refractivity contribution < 1.29 is 0 Å². The zero-order chi connectivity index (χ0) is 9.07. The van der Waals surface area contributed by atoms with Gasteiger partial charge in [-0.1, -0.05) is 0 Å². The second-order valence-electron chi connectivity index (χ2n) is 2.58. The summed E-state index contributed by atoms with van der Waals surface area (Å²) in [6.45, 7) is 4.12. The topological polar surface area (TPSA) is 76.4 Å². The van der Waals surface area contributed by atoms with E-state index in [4.69, 9.17) is 11.5 Å². The van der Waals surface area contributed by atoms with Crippen molar-refractivity contribution in [3.8, 4) is 0 Å². The fourth-order valence-electron chi connectivity index (χ4n) is 0.732. The summed E-state index contributed by atoms with van der Waals surface area (Å²) in [5.41, 5.74) is 10.6. The average Bonchev–Trinajstić information content (AvgIpc) is 2.10. The molecule has 0 spiro atoms. The number of rotatable bonds is 8. The van der Waals surface area contributed by atoms with Crippen LogP contribution in [0.5, 0.6) is 0 Å². The Morgan fingerprint density at radius 1 is 1.17 bits per heavy atom. The van der Waals surface area contributed by atoms with Crippen LogP contribution in [-0.2, 0) is 0 Å². The van der Waals surface area contributed by atoms with Crippen molar-refractivity contribution in [2.75, 3.05) is 32.7 Å². The smallest absolute Gasteiger partial charge is 0.0397 e. The van der Waals surface area contributed by atoms with E-state index in [1.54, 1.807) is 0 Å². The van der Waals surface area contributed by atoms with Gasteiger partial charge in [-0.15, -0.1) is 0 Å². The van der Waals surface area contributed by atoms with Crippen molar-refractivity contribution in [1.82, 2.24) is 5.32 Å². The van der Waals surface area contributed by atoms with Crippen LogP contribution in [0.3, 0.4) is 0 Å². The van der Waals surface area contributed by atoms with Crippen LogP contribution >= 0.6 is 0 Å². The van der Waals surface area contributed by atoms with E-state index in [0.29, 0.717) is 0 Å². The normalized spacial score (nSPS) is 11.2. The molecule has 0 amide bonds. The molecule has 0 aromatic heterocycles. The van der Waals surface area contributed by atoms with Crippen molar-refractivity contribution in [1.29, 1.82) is 0 Å². The maximum Gasteiger partial charge on any atom is 0.0397 e. The predicted molar refractivity (Wildman–Crippen MR) is 53.6 cm³/mol. The lowest BCUT2D eigenvalue weighted by Crippen LogP contribution is -2.20. The molecule has 0 radical (unpaired) electrons. The van der Waals surface area contributed by atoms with E-state index in [2.05, 4.69) is 10.3 Å². The van der Waals surface area contributed by atoms with Gasteiger partial charge < -0.3 is 16.8 Å². The van der Waals surface area contributed by atoms with E-state index in [-0.39, 0.29) is 0 Å². The Bertz CT molecular complexity index is 103. The Morgan fingerprint density at radius 2 is 1.92 bits per heavy atom. The first-order chi connectivity index (χ1) is 5.91. The first-order valence-corrected chi connectivity index (χ1v) is 4.51. The monoisotopic (exact) mass is 172 g/mol. The SMILES string of the molecule is NCCCN=CCNCCCN. The van der Waals surface area contributed by atoms with E-state index < -0.39 is 0 Å². The molecule has 72 valence electrons. The lowest BCUT2D eigenvalue weighted by Gasteiger charge is -1.97. The highest BCUT2D eigenvalue weighted by atomic mass is 14.9. The van der Waals surface area contributed by atoms with Gasteiger partial charge in [-0.2, -0.15) is 0 Å². The molecule has 0 atom stereocenters. The Balaban J connectivity index is 2.92. The van der Waals surface area contributed by atoms with Crippen LogP contribution in [0.15, 0.2) is 4.99 Å². The summed E-state index contributed by atoms with van der Waals surface area (Å²) in [5.74, 6) is 0. The molecule has 0 rings (SSSR count). The van der Waals surface area contributed by atoms with Crippen LogP contribution in [-0.4, -0.2) is 38.9 Å². The van der Waals surface area contributed by atoms with Gasteiger partial charge in [-0.3, -0.25) is 4.99 Å². The third-order valence-electron chi connectivity index (χ3n) is 1.41. The maximum absolute atomic E-state index is 5.32. The van der Waals surface area contributed by atoms with Crippen molar-refractivity contribution in [2.45, 2.75) is 12.8 Å². The number of hydrogen-bond donors (Lipinski definition) is 3. The third kappa shape index (κ3) is 9.55.